The zero-order valence-electron chi connectivity index (χ0n) is 21.5. The summed E-state index contributed by atoms with van der Waals surface area (Å²) in [7, 11) is 0. The monoisotopic (exact) mass is 491 g/mol. The average Bonchev–Trinajstić information content (AvgIpc) is 3.23. The van der Waals surface area contributed by atoms with Crippen molar-refractivity contribution in [1.29, 1.82) is 0 Å². The number of hydrogen-bond acceptors (Lipinski definition) is 7. The van der Waals surface area contributed by atoms with Crippen LogP contribution in [0.25, 0.3) is 11.2 Å². The normalized spacial score (nSPS) is 12.3. The lowest BCUT2D eigenvalue weighted by Gasteiger charge is -2.17. The number of rotatable bonds is 20. The first-order valence-corrected chi connectivity index (χ1v) is 13.5. The molecule has 9 heteroatoms. The number of nitrogens with zero attached hydrogens (tertiary/aromatic N) is 3. The van der Waals surface area contributed by atoms with E-state index in [1.165, 1.54) is 77.0 Å². The van der Waals surface area contributed by atoms with Crippen LogP contribution in [0.3, 0.4) is 0 Å². The number of ether oxygens (including phenoxy) is 1. The second-order valence-electron chi connectivity index (χ2n) is 9.57. The molecule has 2 aromatic heterocycles. The van der Waals surface area contributed by atoms with E-state index >= 15 is 0 Å². The molecule has 35 heavy (non-hydrogen) atoms. The Labute approximate surface area is 208 Å². The van der Waals surface area contributed by atoms with E-state index in [0.717, 1.165) is 12.8 Å². The number of carbonyl (C=O) groups excluding carboxylic acids is 1. The number of fused-ring (bicyclic) bond motifs is 1. The molecule has 0 spiro atoms. The number of nitrogens with two attached hydrogens (primary N) is 1. The number of hydrogen-bond donors (Lipinski definition) is 3. The van der Waals surface area contributed by atoms with Crippen LogP contribution in [0.2, 0.25) is 0 Å². The maximum absolute atomic E-state index is 12.2. The van der Waals surface area contributed by atoms with Crippen molar-refractivity contribution in [3.05, 3.63) is 16.7 Å². The predicted octanol–water partition coefficient (Wildman–Crippen LogP) is 4.72. The van der Waals surface area contributed by atoms with Crippen LogP contribution in [-0.2, 0) is 16.1 Å². The van der Waals surface area contributed by atoms with Gasteiger partial charge in [-0.3, -0.25) is 14.6 Å². The maximum Gasteiger partial charge on any atom is 0.305 e. The van der Waals surface area contributed by atoms with Crippen molar-refractivity contribution >= 4 is 23.1 Å². The van der Waals surface area contributed by atoms with E-state index in [1.54, 1.807) is 4.57 Å². The first-order chi connectivity index (χ1) is 17.0. The number of esters is 1. The molecule has 0 aliphatic carbocycles. The molecule has 0 aliphatic rings. The summed E-state index contributed by atoms with van der Waals surface area (Å²) in [6.45, 7) is 2.85. The van der Waals surface area contributed by atoms with Crippen molar-refractivity contribution in [1.82, 2.24) is 19.5 Å². The van der Waals surface area contributed by atoms with Gasteiger partial charge in [0, 0.05) is 25.5 Å². The second kappa shape index (κ2) is 17.1. The molecule has 0 aromatic carbocycles. The smallest absolute Gasteiger partial charge is 0.305 e. The summed E-state index contributed by atoms with van der Waals surface area (Å²) < 4.78 is 7.19. The van der Waals surface area contributed by atoms with Crippen molar-refractivity contribution < 1.29 is 14.6 Å². The minimum atomic E-state index is -0.394. The van der Waals surface area contributed by atoms with E-state index in [9.17, 15) is 14.7 Å². The molecule has 1 unspecified atom stereocenters. The third-order valence-corrected chi connectivity index (χ3v) is 6.45. The molecule has 4 N–H and O–H groups in total. The van der Waals surface area contributed by atoms with E-state index in [0.29, 0.717) is 25.0 Å². The topological polar surface area (TPSA) is 136 Å². The van der Waals surface area contributed by atoms with Gasteiger partial charge in [-0.25, -0.2) is 4.98 Å². The molecule has 0 radical (unpaired) electrons. The SMILES string of the molecule is CCCCCCCCCCCCCCCC(=O)OCC(CCO)Cn1cnc2c(=O)[nH]c(N)nc21. The predicted molar refractivity (Wildman–Crippen MR) is 139 cm³/mol. The lowest BCUT2D eigenvalue weighted by atomic mass is 10.0. The summed E-state index contributed by atoms with van der Waals surface area (Å²) in [6.07, 6.45) is 18.9. The third-order valence-electron chi connectivity index (χ3n) is 6.45. The quantitative estimate of drug-likeness (QED) is 0.180. The van der Waals surface area contributed by atoms with Gasteiger partial charge in [-0.2, -0.15) is 4.98 Å². The maximum atomic E-state index is 12.2. The molecule has 198 valence electrons. The highest BCUT2D eigenvalue weighted by Gasteiger charge is 2.16. The van der Waals surface area contributed by atoms with Gasteiger partial charge in [0.1, 0.15) is 0 Å². The minimum absolute atomic E-state index is 0.0205. The Bertz CT molecular complexity index is 911. The van der Waals surface area contributed by atoms with Crippen molar-refractivity contribution in [2.24, 2.45) is 5.92 Å². The van der Waals surface area contributed by atoms with Gasteiger partial charge in [-0.1, -0.05) is 84.0 Å². The Morgan fingerprint density at radius 1 is 1.06 bits per heavy atom. The van der Waals surface area contributed by atoms with Crippen LogP contribution in [0.1, 0.15) is 103 Å². The lowest BCUT2D eigenvalue weighted by molar-refractivity contribution is -0.145. The van der Waals surface area contributed by atoms with Gasteiger partial charge in [0.2, 0.25) is 5.95 Å². The zero-order valence-corrected chi connectivity index (χ0v) is 21.5. The van der Waals surface area contributed by atoms with E-state index in [4.69, 9.17) is 10.5 Å². The van der Waals surface area contributed by atoms with Crippen LogP contribution in [0.15, 0.2) is 11.1 Å². The number of unbranched alkanes of at least 4 members (excludes halogenated alkanes) is 12. The molecular weight excluding hydrogens is 446 g/mol. The molecule has 0 saturated heterocycles. The van der Waals surface area contributed by atoms with Crippen LogP contribution >= 0.6 is 0 Å². The molecule has 0 aliphatic heterocycles. The summed E-state index contributed by atoms with van der Waals surface area (Å²) in [6, 6.07) is 0. The van der Waals surface area contributed by atoms with Crippen LogP contribution in [0.5, 0.6) is 0 Å². The molecule has 2 rings (SSSR count). The fraction of sp³-hybridized carbons (Fsp3) is 0.769. The molecule has 2 aromatic rings. The summed E-state index contributed by atoms with van der Waals surface area (Å²) in [4.78, 5) is 34.8. The number of aromatic amines is 1. The molecule has 0 fully saturated rings. The number of aliphatic hydroxyl groups is 1. The molecule has 0 bridgehead atoms. The van der Waals surface area contributed by atoms with Gasteiger partial charge in [-0.15, -0.1) is 0 Å². The van der Waals surface area contributed by atoms with Crippen LogP contribution < -0.4 is 11.3 Å². The second-order valence-corrected chi connectivity index (χ2v) is 9.57. The summed E-state index contributed by atoms with van der Waals surface area (Å²) in [5.74, 6) is -0.298. The highest BCUT2D eigenvalue weighted by Crippen LogP contribution is 2.15. The summed E-state index contributed by atoms with van der Waals surface area (Å²) in [5, 5.41) is 9.41. The van der Waals surface area contributed by atoms with Gasteiger partial charge in [0.05, 0.1) is 12.9 Å². The number of H-pyrrole nitrogens is 1. The largest absolute Gasteiger partial charge is 0.465 e. The Hall–Kier alpha value is -2.42. The fourth-order valence-corrected chi connectivity index (χ4v) is 4.36. The number of aromatic nitrogens is 4. The van der Waals surface area contributed by atoms with Gasteiger partial charge in [0.15, 0.2) is 11.2 Å². The first kappa shape index (κ1) is 28.8. The first-order valence-electron chi connectivity index (χ1n) is 13.5. The van der Waals surface area contributed by atoms with Gasteiger partial charge in [0.25, 0.3) is 5.56 Å². The number of anilines is 1. The van der Waals surface area contributed by atoms with Crippen molar-refractivity contribution in [3.8, 4) is 0 Å². The van der Waals surface area contributed by atoms with Crippen LogP contribution in [-0.4, -0.2) is 43.8 Å². The van der Waals surface area contributed by atoms with Crippen molar-refractivity contribution in [2.75, 3.05) is 18.9 Å². The molecular formula is C26H45N5O4. The number of aliphatic hydroxyl groups excluding tert-OH is 1. The fourth-order valence-electron chi connectivity index (χ4n) is 4.36. The molecule has 2 heterocycles. The minimum Gasteiger partial charge on any atom is -0.465 e. The zero-order chi connectivity index (χ0) is 25.3. The Morgan fingerprint density at radius 2 is 1.66 bits per heavy atom. The van der Waals surface area contributed by atoms with E-state index in [2.05, 4.69) is 21.9 Å². The van der Waals surface area contributed by atoms with E-state index in [1.807, 2.05) is 0 Å². The lowest BCUT2D eigenvalue weighted by Crippen LogP contribution is -2.21. The van der Waals surface area contributed by atoms with Gasteiger partial charge < -0.3 is 20.1 Å². The Kier molecular flexibility index (Phi) is 14.1. The number of nitrogen functional groups attached to an aromatic ring is 1. The number of nitrogens with one attached hydrogen (secondary N) is 1. The van der Waals surface area contributed by atoms with Crippen LogP contribution in [0, 0.1) is 5.92 Å². The third kappa shape index (κ3) is 11.2. The number of carbonyl (C=O) groups is 1. The Balaban J connectivity index is 1.57. The van der Waals surface area contributed by atoms with Crippen LogP contribution in [0.4, 0.5) is 5.95 Å². The molecule has 1 atom stereocenters. The highest BCUT2D eigenvalue weighted by molar-refractivity contribution is 5.70. The molecule has 9 nitrogen and oxygen atoms in total. The number of imidazole rings is 1. The van der Waals surface area contributed by atoms with E-state index < -0.39 is 5.56 Å². The van der Waals surface area contributed by atoms with Crippen molar-refractivity contribution in [2.45, 2.75) is 110 Å². The molecule has 0 saturated carbocycles. The average molecular weight is 492 g/mol. The highest BCUT2D eigenvalue weighted by atomic mass is 16.5. The molecule has 0 amide bonds. The van der Waals surface area contributed by atoms with E-state index in [-0.39, 0.29) is 36.6 Å². The Morgan fingerprint density at radius 3 is 2.26 bits per heavy atom. The van der Waals surface area contributed by atoms with Crippen molar-refractivity contribution in [3.63, 3.8) is 0 Å². The summed E-state index contributed by atoms with van der Waals surface area (Å²) in [5.41, 5.74) is 5.84. The van der Waals surface area contributed by atoms with Gasteiger partial charge in [-0.05, 0) is 12.8 Å². The summed E-state index contributed by atoms with van der Waals surface area (Å²) >= 11 is 0. The standard InChI is InChI=1S/C26H45N5O4/c1-2-3-4-5-6-7-8-9-10-11-12-13-14-15-22(33)35-19-21(16-17-32)18-31-20-28-23-24(31)29-26(27)30-25(23)34/h20-21,32H,2-19H2,1H3,(H3,27,29,30,34). The van der Waals surface area contributed by atoms with Gasteiger partial charge >= 0.3 is 5.97 Å².